The minimum absolute atomic E-state index is 0. The van der Waals surface area contributed by atoms with Crippen molar-refractivity contribution in [1.29, 1.82) is 0 Å². The van der Waals surface area contributed by atoms with Crippen LogP contribution >= 0.6 is 24.0 Å². The summed E-state index contributed by atoms with van der Waals surface area (Å²) >= 11 is 0. The molecule has 1 heterocycles. The molecule has 1 aliphatic rings. The Morgan fingerprint density at radius 1 is 1.23 bits per heavy atom. The first-order valence-corrected chi connectivity index (χ1v) is 9.02. The summed E-state index contributed by atoms with van der Waals surface area (Å²) in [5.74, 6) is 2.56. The van der Waals surface area contributed by atoms with Gasteiger partial charge in [0.15, 0.2) is 11.8 Å². The largest absolute Gasteiger partial charge is 0.350 e. The first-order chi connectivity index (χ1) is 12.1. The number of aromatic nitrogens is 3. The second-order valence-electron chi connectivity index (χ2n) is 6.75. The fourth-order valence-corrected chi connectivity index (χ4v) is 3.27. The Labute approximate surface area is 172 Å². The Morgan fingerprint density at radius 3 is 2.62 bits per heavy atom. The molecule has 0 aliphatic heterocycles. The maximum absolute atomic E-state index is 4.33. The van der Waals surface area contributed by atoms with E-state index in [1.54, 1.807) is 7.05 Å². The normalized spacial score (nSPS) is 15.0. The van der Waals surface area contributed by atoms with Crippen LogP contribution in [0.25, 0.3) is 0 Å². The number of aryl methyl sites for hydroxylation is 3. The maximum atomic E-state index is 4.33. The summed E-state index contributed by atoms with van der Waals surface area (Å²) in [4.78, 5) is 4.33. The van der Waals surface area contributed by atoms with Gasteiger partial charge in [0.1, 0.15) is 5.82 Å². The third-order valence-corrected chi connectivity index (χ3v) is 5.05. The predicted octanol–water partition coefficient (Wildman–Crippen LogP) is 3.05. The highest BCUT2D eigenvalue weighted by atomic mass is 127. The zero-order valence-electron chi connectivity index (χ0n) is 16.0. The number of guanidine groups is 1. The Morgan fingerprint density at radius 2 is 1.96 bits per heavy atom. The minimum Gasteiger partial charge on any atom is -0.350 e. The summed E-state index contributed by atoms with van der Waals surface area (Å²) < 4.78 is 1.98. The lowest BCUT2D eigenvalue weighted by molar-refractivity contribution is 0.657. The summed E-state index contributed by atoms with van der Waals surface area (Å²) in [6.45, 7) is 4.71. The van der Waals surface area contributed by atoms with Gasteiger partial charge in [-0.3, -0.25) is 4.99 Å². The molecule has 2 aromatic rings. The highest BCUT2D eigenvalue weighted by Gasteiger charge is 2.14. The number of hydrogen-bond donors (Lipinski definition) is 2. The van der Waals surface area contributed by atoms with E-state index < -0.39 is 0 Å². The van der Waals surface area contributed by atoms with Gasteiger partial charge in [-0.15, -0.1) is 34.2 Å². The smallest absolute Gasteiger partial charge is 0.191 e. The molecule has 1 aromatic heterocycles. The monoisotopic (exact) mass is 468 g/mol. The molecule has 2 N–H and O–H groups in total. The molecule has 0 radical (unpaired) electrons. The van der Waals surface area contributed by atoms with Crippen LogP contribution in [0.3, 0.4) is 0 Å². The molecule has 6 nitrogen and oxygen atoms in total. The maximum Gasteiger partial charge on any atom is 0.191 e. The van der Waals surface area contributed by atoms with Gasteiger partial charge in [-0.25, -0.2) is 0 Å². The van der Waals surface area contributed by atoms with Gasteiger partial charge in [-0.05, 0) is 56.2 Å². The molecule has 3 rings (SSSR count). The van der Waals surface area contributed by atoms with Gasteiger partial charge in [0.2, 0.25) is 0 Å². The first-order valence-electron chi connectivity index (χ1n) is 9.02. The van der Waals surface area contributed by atoms with Crippen LogP contribution < -0.4 is 10.6 Å². The molecule has 142 valence electrons. The highest BCUT2D eigenvalue weighted by molar-refractivity contribution is 14.0. The molecular weight excluding hydrogens is 439 g/mol. The van der Waals surface area contributed by atoms with Crippen molar-refractivity contribution in [1.82, 2.24) is 25.4 Å². The van der Waals surface area contributed by atoms with E-state index in [-0.39, 0.29) is 30.0 Å². The summed E-state index contributed by atoms with van der Waals surface area (Å²) in [7, 11) is 3.76. The van der Waals surface area contributed by atoms with E-state index in [0.717, 1.165) is 17.6 Å². The van der Waals surface area contributed by atoms with Gasteiger partial charge in [-0.2, -0.15) is 0 Å². The summed E-state index contributed by atoms with van der Waals surface area (Å²) in [5.41, 5.74) is 4.33. The summed E-state index contributed by atoms with van der Waals surface area (Å²) in [6, 6.07) is 7.08. The summed E-state index contributed by atoms with van der Waals surface area (Å²) in [6.07, 6.45) is 5.04. The van der Waals surface area contributed by atoms with Gasteiger partial charge >= 0.3 is 0 Å². The number of fused-ring (bicyclic) bond motifs is 1. The van der Waals surface area contributed by atoms with Crippen molar-refractivity contribution < 1.29 is 0 Å². The fourth-order valence-electron chi connectivity index (χ4n) is 3.27. The van der Waals surface area contributed by atoms with Gasteiger partial charge in [0, 0.05) is 14.1 Å². The van der Waals surface area contributed by atoms with E-state index in [1.165, 1.54) is 42.4 Å². The highest BCUT2D eigenvalue weighted by Crippen LogP contribution is 2.24. The van der Waals surface area contributed by atoms with Gasteiger partial charge in [0.05, 0.1) is 12.6 Å². The first kappa shape index (κ1) is 20.7. The average Bonchev–Trinajstić information content (AvgIpc) is 2.96. The van der Waals surface area contributed by atoms with Crippen molar-refractivity contribution in [2.45, 2.75) is 52.1 Å². The molecule has 26 heavy (non-hydrogen) atoms. The molecule has 0 bridgehead atoms. The predicted molar refractivity (Wildman–Crippen MR) is 116 cm³/mol. The van der Waals surface area contributed by atoms with E-state index >= 15 is 0 Å². The van der Waals surface area contributed by atoms with Crippen LogP contribution in [0.4, 0.5) is 0 Å². The van der Waals surface area contributed by atoms with Crippen LogP contribution in [0.1, 0.15) is 54.1 Å². The third-order valence-electron chi connectivity index (χ3n) is 5.05. The Balaban J connectivity index is 0.00000243. The van der Waals surface area contributed by atoms with Gasteiger partial charge in [0.25, 0.3) is 0 Å². The topological polar surface area (TPSA) is 67.1 Å². The van der Waals surface area contributed by atoms with Crippen molar-refractivity contribution in [2.24, 2.45) is 12.0 Å². The van der Waals surface area contributed by atoms with E-state index in [2.05, 4.69) is 50.9 Å². The molecule has 0 spiro atoms. The SMILES string of the molecule is CN=C(NCc1nnc(C)n1C)NC(C)c1ccc2c(c1)CCCC2.I. The lowest BCUT2D eigenvalue weighted by Gasteiger charge is -2.21. The number of hydrogen-bond acceptors (Lipinski definition) is 3. The molecule has 0 fully saturated rings. The molecule has 0 saturated heterocycles. The van der Waals surface area contributed by atoms with E-state index in [9.17, 15) is 0 Å². The number of halogens is 1. The fraction of sp³-hybridized carbons (Fsp3) is 0.526. The van der Waals surface area contributed by atoms with E-state index in [1.807, 2.05) is 18.5 Å². The van der Waals surface area contributed by atoms with Crippen LogP contribution in [0.15, 0.2) is 23.2 Å². The zero-order chi connectivity index (χ0) is 17.8. The van der Waals surface area contributed by atoms with Crippen molar-refractivity contribution in [3.05, 3.63) is 46.5 Å². The standard InChI is InChI=1S/C19H28N6.HI/c1-13(16-10-9-15-7-5-6-8-17(15)11-16)22-19(20-3)21-12-18-24-23-14(2)25(18)4;/h9-11,13H,5-8,12H2,1-4H3,(H2,20,21,22);1H. The molecular formula is C19H29IN6. The zero-order valence-corrected chi connectivity index (χ0v) is 18.4. The van der Waals surface area contributed by atoms with Crippen LogP contribution in [0, 0.1) is 6.92 Å². The molecule has 0 amide bonds. The van der Waals surface area contributed by atoms with Crippen molar-refractivity contribution in [2.75, 3.05) is 7.05 Å². The Hall–Kier alpha value is -1.64. The van der Waals surface area contributed by atoms with Crippen LogP contribution in [-0.2, 0) is 26.4 Å². The number of benzene rings is 1. The molecule has 1 atom stereocenters. The molecule has 7 heteroatoms. The number of aliphatic imine (C=N–C) groups is 1. The third kappa shape index (κ3) is 4.75. The minimum atomic E-state index is 0. The Kier molecular flexibility index (Phi) is 7.43. The summed E-state index contributed by atoms with van der Waals surface area (Å²) in [5, 5.41) is 15.0. The quantitative estimate of drug-likeness (QED) is 0.411. The lowest BCUT2D eigenvalue weighted by Crippen LogP contribution is -2.38. The van der Waals surface area contributed by atoms with Crippen LogP contribution in [0.5, 0.6) is 0 Å². The van der Waals surface area contributed by atoms with Crippen molar-refractivity contribution in [3.8, 4) is 0 Å². The second kappa shape index (κ2) is 9.34. The van der Waals surface area contributed by atoms with Crippen molar-refractivity contribution in [3.63, 3.8) is 0 Å². The Bertz CT molecular complexity index is 767. The van der Waals surface area contributed by atoms with Crippen LogP contribution in [0.2, 0.25) is 0 Å². The number of nitrogens with one attached hydrogen (secondary N) is 2. The molecule has 1 aliphatic carbocycles. The van der Waals surface area contributed by atoms with Gasteiger partial charge < -0.3 is 15.2 Å². The second-order valence-corrected chi connectivity index (χ2v) is 6.75. The molecule has 1 unspecified atom stereocenters. The van der Waals surface area contributed by atoms with Crippen LogP contribution in [-0.4, -0.2) is 27.8 Å². The van der Waals surface area contributed by atoms with E-state index in [0.29, 0.717) is 6.54 Å². The molecule has 0 saturated carbocycles. The lowest BCUT2D eigenvalue weighted by atomic mass is 9.89. The van der Waals surface area contributed by atoms with E-state index in [4.69, 9.17) is 0 Å². The number of nitrogens with zero attached hydrogens (tertiary/aromatic N) is 4. The van der Waals surface area contributed by atoms with Crippen molar-refractivity contribution >= 4 is 29.9 Å². The average molecular weight is 468 g/mol. The van der Waals surface area contributed by atoms with Gasteiger partial charge in [-0.1, -0.05) is 18.2 Å². The number of rotatable bonds is 4. The molecule has 1 aromatic carbocycles.